The summed E-state index contributed by atoms with van der Waals surface area (Å²) >= 11 is 0. The molecule has 4 fully saturated rings. The van der Waals surface area contributed by atoms with Crippen LogP contribution in [0.25, 0.3) is 6.08 Å². The summed E-state index contributed by atoms with van der Waals surface area (Å²) < 4.78 is 0. The van der Waals surface area contributed by atoms with Crippen LogP contribution >= 0.6 is 0 Å². The SMILES string of the molecule is C[C@]12CC[C@@H]3[C@H](CC[C@H]4CCCC[C@]43C)[C@@H]1C/C(=C\c1ccccc1)C2. The van der Waals surface area contributed by atoms with Gasteiger partial charge in [0, 0.05) is 0 Å². The van der Waals surface area contributed by atoms with Crippen LogP contribution in [0.15, 0.2) is 35.9 Å². The van der Waals surface area contributed by atoms with Crippen LogP contribution in [0, 0.1) is 34.5 Å². The number of fused-ring (bicyclic) bond motifs is 5. The molecule has 1 aromatic carbocycles. The van der Waals surface area contributed by atoms with Gasteiger partial charge in [-0.2, -0.15) is 0 Å². The van der Waals surface area contributed by atoms with E-state index in [2.05, 4.69) is 50.3 Å². The van der Waals surface area contributed by atoms with Gasteiger partial charge in [0.2, 0.25) is 0 Å². The monoisotopic (exact) mass is 348 g/mol. The van der Waals surface area contributed by atoms with Gasteiger partial charge in [-0.05, 0) is 91.4 Å². The van der Waals surface area contributed by atoms with Crippen LogP contribution < -0.4 is 0 Å². The molecule has 4 aliphatic rings. The van der Waals surface area contributed by atoms with Gasteiger partial charge in [0.05, 0.1) is 0 Å². The lowest BCUT2D eigenvalue weighted by Crippen LogP contribution is -2.51. The molecule has 6 atom stereocenters. The first-order valence-corrected chi connectivity index (χ1v) is 11.3. The number of benzene rings is 1. The second-order valence-electron chi connectivity index (χ2n) is 10.7. The Morgan fingerprint density at radius 1 is 0.885 bits per heavy atom. The Kier molecular flexibility index (Phi) is 4.11. The van der Waals surface area contributed by atoms with Crippen LogP contribution in [0.1, 0.15) is 83.6 Å². The highest BCUT2D eigenvalue weighted by Gasteiger charge is 2.57. The maximum Gasteiger partial charge on any atom is -0.0254 e. The summed E-state index contributed by atoms with van der Waals surface area (Å²) in [6.07, 6.45) is 17.4. The van der Waals surface area contributed by atoms with E-state index in [-0.39, 0.29) is 0 Å². The number of hydrogen-bond acceptors (Lipinski definition) is 0. The van der Waals surface area contributed by atoms with Crippen LogP contribution in [0.3, 0.4) is 0 Å². The summed E-state index contributed by atoms with van der Waals surface area (Å²) in [5.74, 6) is 4.03. The Hall–Kier alpha value is -1.04. The first-order chi connectivity index (χ1) is 12.6. The molecule has 4 aliphatic carbocycles. The Morgan fingerprint density at radius 2 is 1.73 bits per heavy atom. The minimum absolute atomic E-state index is 0.583. The predicted molar refractivity (Wildman–Crippen MR) is 111 cm³/mol. The lowest BCUT2D eigenvalue weighted by molar-refractivity contribution is -0.103. The third-order valence-corrected chi connectivity index (χ3v) is 9.38. The molecule has 0 radical (unpaired) electrons. The lowest BCUT2D eigenvalue weighted by Gasteiger charge is -2.59. The normalized spacial score (nSPS) is 46.5. The number of rotatable bonds is 1. The fraction of sp³-hybridized carbons (Fsp3) is 0.692. The van der Waals surface area contributed by atoms with Gasteiger partial charge >= 0.3 is 0 Å². The van der Waals surface area contributed by atoms with Crippen LogP contribution in [0.2, 0.25) is 0 Å². The molecule has 0 heterocycles. The van der Waals surface area contributed by atoms with E-state index in [9.17, 15) is 0 Å². The molecule has 0 aliphatic heterocycles. The molecule has 0 bridgehead atoms. The van der Waals surface area contributed by atoms with E-state index in [1.807, 2.05) is 0 Å². The average Bonchev–Trinajstić information content (AvgIpc) is 2.98. The largest absolute Gasteiger partial charge is 0.0688 e. The zero-order valence-corrected chi connectivity index (χ0v) is 16.8. The molecule has 4 saturated carbocycles. The summed E-state index contributed by atoms with van der Waals surface area (Å²) in [6.45, 7) is 5.33. The van der Waals surface area contributed by atoms with Crippen molar-refractivity contribution in [2.24, 2.45) is 34.5 Å². The molecule has 0 heteroatoms. The summed E-state index contributed by atoms with van der Waals surface area (Å²) in [4.78, 5) is 0. The molecule has 0 nitrogen and oxygen atoms in total. The van der Waals surface area contributed by atoms with Crippen molar-refractivity contribution in [2.75, 3.05) is 0 Å². The molecule has 0 spiro atoms. The fourth-order valence-corrected chi connectivity index (χ4v) is 8.07. The third kappa shape index (κ3) is 2.62. The zero-order chi connectivity index (χ0) is 17.8. The number of allylic oxidation sites excluding steroid dienone is 1. The van der Waals surface area contributed by atoms with Gasteiger partial charge in [0.25, 0.3) is 0 Å². The van der Waals surface area contributed by atoms with Crippen molar-refractivity contribution >= 4 is 6.08 Å². The molecule has 0 aromatic heterocycles. The van der Waals surface area contributed by atoms with E-state index in [1.165, 1.54) is 69.8 Å². The van der Waals surface area contributed by atoms with Crippen LogP contribution in [-0.2, 0) is 0 Å². The van der Waals surface area contributed by atoms with Gasteiger partial charge in [-0.15, -0.1) is 0 Å². The van der Waals surface area contributed by atoms with E-state index in [4.69, 9.17) is 0 Å². The lowest BCUT2D eigenvalue weighted by atomic mass is 9.45. The molecule has 26 heavy (non-hydrogen) atoms. The minimum Gasteiger partial charge on any atom is -0.0688 e. The van der Waals surface area contributed by atoms with Gasteiger partial charge in [-0.1, -0.05) is 68.7 Å². The molecule has 0 saturated heterocycles. The van der Waals surface area contributed by atoms with Crippen LogP contribution in [-0.4, -0.2) is 0 Å². The summed E-state index contributed by atoms with van der Waals surface area (Å²) in [5.41, 5.74) is 4.40. The summed E-state index contributed by atoms with van der Waals surface area (Å²) in [5, 5.41) is 0. The van der Waals surface area contributed by atoms with Crippen molar-refractivity contribution in [3.8, 4) is 0 Å². The number of hydrogen-bond donors (Lipinski definition) is 0. The van der Waals surface area contributed by atoms with Crippen molar-refractivity contribution in [2.45, 2.75) is 78.1 Å². The summed E-state index contributed by atoms with van der Waals surface area (Å²) in [6, 6.07) is 11.0. The average molecular weight is 349 g/mol. The van der Waals surface area contributed by atoms with Gasteiger partial charge in [-0.25, -0.2) is 0 Å². The van der Waals surface area contributed by atoms with Crippen molar-refractivity contribution < 1.29 is 0 Å². The Bertz CT molecular complexity index is 685. The second kappa shape index (κ2) is 6.25. The van der Waals surface area contributed by atoms with Gasteiger partial charge in [0.15, 0.2) is 0 Å². The summed E-state index contributed by atoms with van der Waals surface area (Å²) in [7, 11) is 0. The van der Waals surface area contributed by atoms with E-state index < -0.39 is 0 Å². The highest BCUT2D eigenvalue weighted by atomic mass is 14.6. The maximum atomic E-state index is 2.70. The van der Waals surface area contributed by atoms with E-state index in [0.717, 1.165) is 23.7 Å². The highest BCUT2D eigenvalue weighted by Crippen LogP contribution is 2.66. The topological polar surface area (TPSA) is 0 Å². The van der Waals surface area contributed by atoms with E-state index in [0.29, 0.717) is 10.8 Å². The Balaban J connectivity index is 1.42. The fourth-order valence-electron chi connectivity index (χ4n) is 8.07. The van der Waals surface area contributed by atoms with Crippen LogP contribution in [0.5, 0.6) is 0 Å². The first-order valence-electron chi connectivity index (χ1n) is 11.3. The van der Waals surface area contributed by atoms with E-state index >= 15 is 0 Å². The van der Waals surface area contributed by atoms with Crippen molar-refractivity contribution in [1.82, 2.24) is 0 Å². The highest BCUT2D eigenvalue weighted by molar-refractivity contribution is 5.54. The molecule has 140 valence electrons. The molecule has 5 rings (SSSR count). The molecular weight excluding hydrogens is 312 g/mol. The minimum atomic E-state index is 0.583. The molecule has 0 unspecified atom stereocenters. The maximum absolute atomic E-state index is 2.70. The van der Waals surface area contributed by atoms with Gasteiger partial charge in [-0.3, -0.25) is 0 Å². The molecular formula is C26H36. The van der Waals surface area contributed by atoms with Gasteiger partial charge < -0.3 is 0 Å². The molecule has 1 aromatic rings. The standard InChI is InChI=1S/C26H36/c1-25-15-13-23-22(12-11-21-10-6-7-14-26(21,23)2)24(25)17-20(18-25)16-19-8-4-3-5-9-19/h3-5,8-9,16,21-24H,6-7,10-15,17-18H2,1-2H3/b20-16+/t21-,22+,23-,24+,25-,26-/m1/s1. The first kappa shape index (κ1) is 17.1. The van der Waals surface area contributed by atoms with Crippen molar-refractivity contribution in [3.63, 3.8) is 0 Å². The van der Waals surface area contributed by atoms with Crippen molar-refractivity contribution in [3.05, 3.63) is 41.5 Å². The van der Waals surface area contributed by atoms with Crippen LogP contribution in [0.4, 0.5) is 0 Å². The van der Waals surface area contributed by atoms with Gasteiger partial charge in [0.1, 0.15) is 0 Å². The molecule has 0 amide bonds. The van der Waals surface area contributed by atoms with Crippen molar-refractivity contribution in [1.29, 1.82) is 0 Å². The predicted octanol–water partition coefficient (Wildman–Crippen LogP) is 7.50. The second-order valence-corrected chi connectivity index (χ2v) is 10.7. The quantitative estimate of drug-likeness (QED) is 0.493. The Labute approximate surface area is 160 Å². The Morgan fingerprint density at radius 3 is 2.58 bits per heavy atom. The smallest absolute Gasteiger partial charge is 0.0254 e. The van der Waals surface area contributed by atoms with E-state index in [1.54, 1.807) is 5.57 Å². The zero-order valence-electron chi connectivity index (χ0n) is 16.8. The third-order valence-electron chi connectivity index (χ3n) is 9.38. The molecule has 0 N–H and O–H groups in total.